The molecule has 7 heteroatoms. The van der Waals surface area contributed by atoms with Crippen LogP contribution in [0, 0.1) is 27.7 Å². The third-order valence-corrected chi connectivity index (χ3v) is 7.34. The number of aryl methyl sites for hydroxylation is 4. The van der Waals surface area contributed by atoms with Crippen molar-refractivity contribution in [2.75, 3.05) is 4.72 Å². The van der Waals surface area contributed by atoms with Gasteiger partial charge in [0.05, 0.1) is 11.1 Å². The van der Waals surface area contributed by atoms with E-state index in [0.29, 0.717) is 5.69 Å². The first-order valence-corrected chi connectivity index (χ1v) is 12.1. The Morgan fingerprint density at radius 1 is 0.875 bits per heavy atom. The van der Waals surface area contributed by atoms with Gasteiger partial charge in [0, 0.05) is 11.3 Å². The molecule has 32 heavy (non-hydrogen) atoms. The lowest BCUT2D eigenvalue weighted by molar-refractivity contribution is 0.0939. The number of benzene rings is 3. The van der Waals surface area contributed by atoms with E-state index in [-0.39, 0.29) is 27.4 Å². The predicted molar refractivity (Wildman–Crippen MR) is 130 cm³/mol. The van der Waals surface area contributed by atoms with Crippen LogP contribution in [0.5, 0.6) is 0 Å². The van der Waals surface area contributed by atoms with Crippen LogP contribution in [0.2, 0.25) is 5.02 Å². The summed E-state index contributed by atoms with van der Waals surface area (Å²) in [6.45, 7) is 9.76. The minimum atomic E-state index is -3.98. The van der Waals surface area contributed by atoms with Gasteiger partial charge in [-0.3, -0.25) is 9.52 Å². The van der Waals surface area contributed by atoms with Crippen molar-refractivity contribution in [2.24, 2.45) is 0 Å². The van der Waals surface area contributed by atoms with Gasteiger partial charge in [0.25, 0.3) is 15.9 Å². The summed E-state index contributed by atoms with van der Waals surface area (Å²) in [6.07, 6.45) is 0. The maximum Gasteiger partial charge on any atom is 0.263 e. The van der Waals surface area contributed by atoms with Crippen LogP contribution in [0.15, 0.2) is 59.5 Å². The van der Waals surface area contributed by atoms with Crippen molar-refractivity contribution in [3.05, 3.63) is 93.0 Å². The fourth-order valence-corrected chi connectivity index (χ4v) is 5.11. The first kappa shape index (κ1) is 23.8. The number of hydrogen-bond acceptors (Lipinski definition) is 3. The van der Waals surface area contributed by atoms with Crippen LogP contribution in [0.1, 0.15) is 51.1 Å². The summed E-state index contributed by atoms with van der Waals surface area (Å²) >= 11 is 6.19. The summed E-state index contributed by atoms with van der Waals surface area (Å²) in [7, 11) is -3.98. The highest BCUT2D eigenvalue weighted by atomic mass is 35.5. The predicted octanol–water partition coefficient (Wildman–Crippen LogP) is 5.87. The van der Waals surface area contributed by atoms with Crippen molar-refractivity contribution in [1.29, 1.82) is 0 Å². The average Bonchev–Trinajstić information content (AvgIpc) is 2.70. The third kappa shape index (κ3) is 5.31. The zero-order valence-corrected chi connectivity index (χ0v) is 20.4. The minimum Gasteiger partial charge on any atom is -0.346 e. The Morgan fingerprint density at radius 3 is 2.25 bits per heavy atom. The molecule has 0 spiro atoms. The van der Waals surface area contributed by atoms with Crippen LogP contribution >= 0.6 is 11.6 Å². The molecule has 1 amide bonds. The van der Waals surface area contributed by atoms with Gasteiger partial charge >= 0.3 is 0 Å². The molecule has 0 aromatic heterocycles. The Bertz CT molecular complexity index is 1290. The smallest absolute Gasteiger partial charge is 0.263 e. The van der Waals surface area contributed by atoms with Gasteiger partial charge in [0.1, 0.15) is 4.90 Å². The van der Waals surface area contributed by atoms with E-state index in [1.165, 1.54) is 18.2 Å². The van der Waals surface area contributed by atoms with Crippen molar-refractivity contribution in [1.82, 2.24) is 5.32 Å². The molecule has 1 atom stereocenters. The number of anilines is 1. The molecule has 168 valence electrons. The third-order valence-electron chi connectivity index (χ3n) is 5.48. The Balaban J connectivity index is 1.85. The van der Waals surface area contributed by atoms with Crippen molar-refractivity contribution in [3.8, 4) is 0 Å². The fraction of sp³-hybridized carbons (Fsp3) is 0.240. The second kappa shape index (κ2) is 9.35. The highest BCUT2D eigenvalue weighted by Crippen LogP contribution is 2.26. The maximum absolute atomic E-state index is 13.0. The zero-order valence-electron chi connectivity index (χ0n) is 18.8. The lowest BCUT2D eigenvalue weighted by Crippen LogP contribution is -2.27. The van der Waals surface area contributed by atoms with Crippen LogP contribution in [0.25, 0.3) is 0 Å². The zero-order chi connectivity index (χ0) is 23.6. The normalized spacial score (nSPS) is 12.3. The first-order valence-electron chi connectivity index (χ1n) is 10.3. The molecule has 3 rings (SSSR count). The lowest BCUT2D eigenvalue weighted by Gasteiger charge is -2.18. The summed E-state index contributed by atoms with van der Waals surface area (Å²) in [5, 5.41) is 2.98. The minimum absolute atomic E-state index is 0.0420. The fourth-order valence-electron chi connectivity index (χ4n) is 3.53. The maximum atomic E-state index is 13.0. The molecule has 0 aliphatic carbocycles. The topological polar surface area (TPSA) is 75.3 Å². The highest BCUT2D eigenvalue weighted by Gasteiger charge is 2.21. The molecule has 0 aliphatic heterocycles. The second-order valence-corrected chi connectivity index (χ2v) is 10.2. The van der Waals surface area contributed by atoms with E-state index in [9.17, 15) is 13.2 Å². The first-order chi connectivity index (χ1) is 15.0. The summed E-state index contributed by atoms with van der Waals surface area (Å²) in [6, 6.07) is 15.3. The van der Waals surface area contributed by atoms with Gasteiger partial charge in [-0.1, -0.05) is 41.4 Å². The monoisotopic (exact) mass is 470 g/mol. The molecule has 0 bridgehead atoms. The number of carbonyl (C=O) groups is 1. The molecule has 0 radical (unpaired) electrons. The SMILES string of the molecule is Cc1ccc(C(C)NC(=O)c2ccc(Cl)c(S(=O)(=O)Nc3ccc(C)c(C)c3)c2)c(C)c1. The van der Waals surface area contributed by atoms with E-state index in [1.807, 2.05) is 52.8 Å². The van der Waals surface area contributed by atoms with Crippen LogP contribution in [-0.4, -0.2) is 14.3 Å². The van der Waals surface area contributed by atoms with E-state index in [0.717, 1.165) is 27.8 Å². The van der Waals surface area contributed by atoms with E-state index in [4.69, 9.17) is 11.6 Å². The molecule has 0 heterocycles. The molecule has 0 saturated heterocycles. The molecule has 1 unspecified atom stereocenters. The van der Waals surface area contributed by atoms with Gasteiger partial charge < -0.3 is 5.32 Å². The number of rotatable bonds is 6. The quantitative estimate of drug-likeness (QED) is 0.473. The summed E-state index contributed by atoms with van der Waals surface area (Å²) < 4.78 is 28.5. The number of carbonyl (C=O) groups excluding carboxylic acids is 1. The van der Waals surface area contributed by atoms with E-state index < -0.39 is 10.0 Å². The van der Waals surface area contributed by atoms with E-state index >= 15 is 0 Å². The Hall–Kier alpha value is -2.83. The molecule has 3 aromatic rings. The molecular weight excluding hydrogens is 444 g/mol. The van der Waals surface area contributed by atoms with Crippen molar-refractivity contribution in [2.45, 2.75) is 45.6 Å². The molecule has 0 saturated carbocycles. The van der Waals surface area contributed by atoms with Crippen molar-refractivity contribution >= 4 is 33.2 Å². The van der Waals surface area contributed by atoms with Gasteiger partial charge in [-0.05, 0) is 87.2 Å². The van der Waals surface area contributed by atoms with Crippen molar-refractivity contribution < 1.29 is 13.2 Å². The number of amides is 1. The Labute approximate surface area is 194 Å². The van der Waals surface area contributed by atoms with Crippen molar-refractivity contribution in [3.63, 3.8) is 0 Å². The largest absolute Gasteiger partial charge is 0.346 e. The van der Waals surface area contributed by atoms with E-state index in [1.54, 1.807) is 12.1 Å². The average molecular weight is 471 g/mol. The molecule has 2 N–H and O–H groups in total. The van der Waals surface area contributed by atoms with E-state index in [2.05, 4.69) is 16.1 Å². The summed E-state index contributed by atoms with van der Waals surface area (Å²) in [4.78, 5) is 12.7. The molecule has 0 aliphatic rings. The van der Waals surface area contributed by atoms with Crippen LogP contribution in [-0.2, 0) is 10.0 Å². The van der Waals surface area contributed by atoms with Crippen LogP contribution in [0.3, 0.4) is 0 Å². The van der Waals surface area contributed by atoms with Gasteiger partial charge in [-0.15, -0.1) is 0 Å². The van der Waals surface area contributed by atoms with Gasteiger partial charge in [-0.25, -0.2) is 8.42 Å². The summed E-state index contributed by atoms with van der Waals surface area (Å²) in [5.41, 5.74) is 5.90. The Kier molecular flexibility index (Phi) is 6.96. The summed E-state index contributed by atoms with van der Waals surface area (Å²) in [5.74, 6) is -0.378. The number of hydrogen-bond donors (Lipinski definition) is 2. The standard InChI is InChI=1S/C25H27ClN2O3S/c1-15-6-10-22(18(4)12-15)19(5)27-25(29)20-8-11-23(26)24(14-20)32(30,31)28-21-9-7-16(2)17(3)13-21/h6-14,19,28H,1-5H3,(H,27,29). The molecule has 5 nitrogen and oxygen atoms in total. The van der Waals surface area contributed by atoms with Gasteiger partial charge in [0.2, 0.25) is 0 Å². The highest BCUT2D eigenvalue weighted by molar-refractivity contribution is 7.92. The van der Waals surface area contributed by atoms with Gasteiger partial charge in [-0.2, -0.15) is 0 Å². The molecular formula is C25H27ClN2O3S. The van der Waals surface area contributed by atoms with Gasteiger partial charge in [0.15, 0.2) is 0 Å². The number of halogens is 1. The molecule has 0 fully saturated rings. The van der Waals surface area contributed by atoms with Crippen LogP contribution in [0.4, 0.5) is 5.69 Å². The van der Waals surface area contributed by atoms with Crippen LogP contribution < -0.4 is 10.0 Å². The number of sulfonamides is 1. The second-order valence-electron chi connectivity index (χ2n) is 8.10. The molecule has 3 aromatic carbocycles. The number of nitrogens with one attached hydrogen (secondary N) is 2. The lowest BCUT2D eigenvalue weighted by atomic mass is 10.00. The Morgan fingerprint density at radius 2 is 1.59 bits per heavy atom.